The molecule has 1 aliphatic heterocycles. The van der Waals surface area contributed by atoms with Gasteiger partial charge >= 0.3 is 6.18 Å². The number of carbonyl (C=O) groups excluding carboxylic acids is 2. The number of hydrogen-bond donors (Lipinski definition) is 1. The number of carbonyl (C=O) groups is 2. The SMILES string of the molecule is CC(C(=O)NCC(F)(F)F)N1CCN(C(=O)c2cccs2)CC1. The number of hydrogen-bond acceptors (Lipinski definition) is 4. The van der Waals surface area contributed by atoms with E-state index < -0.39 is 24.7 Å². The highest BCUT2D eigenvalue weighted by atomic mass is 32.1. The largest absolute Gasteiger partial charge is 0.405 e. The lowest BCUT2D eigenvalue weighted by Crippen LogP contribution is -2.55. The van der Waals surface area contributed by atoms with Crippen molar-refractivity contribution in [1.29, 1.82) is 0 Å². The third-order valence-corrected chi connectivity index (χ3v) is 4.58. The van der Waals surface area contributed by atoms with Crippen LogP contribution < -0.4 is 5.32 Å². The van der Waals surface area contributed by atoms with Gasteiger partial charge in [0.15, 0.2) is 0 Å². The maximum atomic E-state index is 12.2. The van der Waals surface area contributed by atoms with Gasteiger partial charge < -0.3 is 10.2 Å². The Bertz CT molecular complexity index is 540. The van der Waals surface area contributed by atoms with Crippen LogP contribution in [0.1, 0.15) is 16.6 Å². The fourth-order valence-corrected chi connectivity index (χ4v) is 3.06. The summed E-state index contributed by atoms with van der Waals surface area (Å²) in [6.07, 6.45) is -4.42. The lowest BCUT2D eigenvalue weighted by molar-refractivity contribution is -0.141. The Kier molecular flexibility index (Phi) is 5.64. The van der Waals surface area contributed by atoms with Gasteiger partial charge in [0.1, 0.15) is 6.54 Å². The van der Waals surface area contributed by atoms with Gasteiger partial charge in [0.25, 0.3) is 5.91 Å². The molecule has 0 saturated carbocycles. The molecule has 2 rings (SSSR count). The van der Waals surface area contributed by atoms with Gasteiger partial charge in [0.2, 0.25) is 5.91 Å². The third kappa shape index (κ3) is 4.93. The molecule has 1 aromatic rings. The quantitative estimate of drug-likeness (QED) is 0.898. The molecule has 0 aromatic carbocycles. The number of halogens is 3. The first kappa shape index (κ1) is 17.7. The molecule has 2 heterocycles. The molecule has 23 heavy (non-hydrogen) atoms. The van der Waals surface area contributed by atoms with E-state index in [1.807, 2.05) is 10.7 Å². The first-order valence-electron chi connectivity index (χ1n) is 7.19. The van der Waals surface area contributed by atoms with E-state index in [1.165, 1.54) is 11.3 Å². The number of rotatable bonds is 4. The molecule has 1 saturated heterocycles. The normalized spacial score (nSPS) is 17.8. The van der Waals surface area contributed by atoms with E-state index in [1.54, 1.807) is 28.9 Å². The molecule has 9 heteroatoms. The molecule has 1 unspecified atom stereocenters. The van der Waals surface area contributed by atoms with Crippen molar-refractivity contribution in [2.24, 2.45) is 0 Å². The predicted molar refractivity (Wildman–Crippen MR) is 80.3 cm³/mol. The summed E-state index contributed by atoms with van der Waals surface area (Å²) in [7, 11) is 0. The second-order valence-electron chi connectivity index (χ2n) is 5.31. The van der Waals surface area contributed by atoms with Crippen LogP contribution in [0.4, 0.5) is 13.2 Å². The van der Waals surface area contributed by atoms with Crippen molar-refractivity contribution in [2.75, 3.05) is 32.7 Å². The van der Waals surface area contributed by atoms with Crippen LogP contribution >= 0.6 is 11.3 Å². The van der Waals surface area contributed by atoms with E-state index in [0.29, 0.717) is 31.1 Å². The summed E-state index contributed by atoms with van der Waals surface area (Å²) in [5.41, 5.74) is 0. The van der Waals surface area contributed by atoms with Gasteiger partial charge in [0.05, 0.1) is 10.9 Å². The van der Waals surface area contributed by atoms with E-state index in [-0.39, 0.29) is 5.91 Å². The highest BCUT2D eigenvalue weighted by Gasteiger charge is 2.31. The summed E-state index contributed by atoms with van der Waals surface area (Å²) >= 11 is 1.37. The highest BCUT2D eigenvalue weighted by Crippen LogP contribution is 2.15. The van der Waals surface area contributed by atoms with Crippen molar-refractivity contribution in [3.63, 3.8) is 0 Å². The molecule has 1 N–H and O–H groups in total. The Morgan fingerprint density at radius 2 is 1.96 bits per heavy atom. The van der Waals surface area contributed by atoms with Gasteiger partial charge in [-0.2, -0.15) is 13.2 Å². The molecular weight excluding hydrogens is 331 g/mol. The van der Waals surface area contributed by atoms with Gasteiger partial charge in [-0.15, -0.1) is 11.3 Å². The Morgan fingerprint density at radius 1 is 1.30 bits per heavy atom. The predicted octanol–water partition coefficient (Wildman–Crippen LogP) is 1.57. The van der Waals surface area contributed by atoms with Crippen molar-refractivity contribution in [3.8, 4) is 0 Å². The summed E-state index contributed by atoms with van der Waals surface area (Å²) in [6, 6.07) is 2.91. The van der Waals surface area contributed by atoms with Crippen LogP contribution in [0.3, 0.4) is 0 Å². The van der Waals surface area contributed by atoms with Crippen LogP contribution in [-0.4, -0.2) is 66.6 Å². The first-order valence-corrected chi connectivity index (χ1v) is 8.07. The molecule has 128 valence electrons. The highest BCUT2D eigenvalue weighted by molar-refractivity contribution is 7.12. The third-order valence-electron chi connectivity index (χ3n) is 3.72. The van der Waals surface area contributed by atoms with Crippen molar-refractivity contribution in [2.45, 2.75) is 19.1 Å². The molecule has 1 aromatic heterocycles. The second-order valence-corrected chi connectivity index (χ2v) is 6.26. The zero-order chi connectivity index (χ0) is 17.0. The number of piperazine rings is 1. The number of nitrogens with one attached hydrogen (secondary N) is 1. The number of nitrogens with zero attached hydrogens (tertiary/aromatic N) is 2. The van der Waals surface area contributed by atoms with E-state index in [2.05, 4.69) is 0 Å². The second kappa shape index (κ2) is 7.31. The van der Waals surface area contributed by atoms with E-state index in [9.17, 15) is 22.8 Å². The smallest absolute Gasteiger partial charge is 0.346 e. The van der Waals surface area contributed by atoms with Gasteiger partial charge in [-0.3, -0.25) is 14.5 Å². The minimum absolute atomic E-state index is 0.0474. The molecule has 0 aliphatic carbocycles. The minimum atomic E-state index is -4.42. The molecule has 1 aliphatic rings. The molecule has 0 bridgehead atoms. The molecule has 1 fully saturated rings. The fourth-order valence-electron chi connectivity index (χ4n) is 2.37. The van der Waals surface area contributed by atoms with E-state index in [4.69, 9.17) is 0 Å². The van der Waals surface area contributed by atoms with Crippen LogP contribution in [-0.2, 0) is 4.79 Å². The lowest BCUT2D eigenvalue weighted by Gasteiger charge is -2.37. The van der Waals surface area contributed by atoms with Gasteiger partial charge in [-0.1, -0.05) is 6.07 Å². The molecular formula is C14H18F3N3O2S. The van der Waals surface area contributed by atoms with Crippen molar-refractivity contribution < 1.29 is 22.8 Å². The molecule has 1 atom stereocenters. The first-order chi connectivity index (χ1) is 10.8. The minimum Gasteiger partial charge on any atom is -0.346 e. The molecule has 0 spiro atoms. The summed E-state index contributed by atoms with van der Waals surface area (Å²) in [4.78, 5) is 28.1. The topological polar surface area (TPSA) is 52.7 Å². The van der Waals surface area contributed by atoms with Crippen molar-refractivity contribution in [1.82, 2.24) is 15.1 Å². The molecule has 2 amide bonds. The summed E-state index contributed by atoms with van der Waals surface area (Å²) in [5, 5.41) is 3.72. The number of thiophene rings is 1. The Hall–Kier alpha value is -1.61. The fraction of sp³-hybridized carbons (Fsp3) is 0.571. The van der Waals surface area contributed by atoms with Crippen molar-refractivity contribution in [3.05, 3.63) is 22.4 Å². The Balaban J connectivity index is 1.81. The van der Waals surface area contributed by atoms with Gasteiger partial charge in [-0.25, -0.2) is 0 Å². The van der Waals surface area contributed by atoms with Gasteiger partial charge in [-0.05, 0) is 18.4 Å². The maximum Gasteiger partial charge on any atom is 0.405 e. The van der Waals surface area contributed by atoms with Crippen LogP contribution in [0.15, 0.2) is 17.5 Å². The zero-order valence-electron chi connectivity index (χ0n) is 12.6. The average molecular weight is 349 g/mol. The van der Waals surface area contributed by atoms with Crippen LogP contribution in [0.5, 0.6) is 0 Å². The summed E-state index contributed by atoms with van der Waals surface area (Å²) in [6.45, 7) is 2.06. The summed E-state index contributed by atoms with van der Waals surface area (Å²) in [5.74, 6) is -0.700. The average Bonchev–Trinajstić information content (AvgIpc) is 3.05. The van der Waals surface area contributed by atoms with Crippen LogP contribution in [0.25, 0.3) is 0 Å². The van der Waals surface area contributed by atoms with Crippen LogP contribution in [0, 0.1) is 0 Å². The van der Waals surface area contributed by atoms with E-state index in [0.717, 1.165) is 0 Å². The number of alkyl halides is 3. The standard InChI is InChI=1S/C14H18F3N3O2S/c1-10(12(21)18-9-14(15,16)17)19-4-6-20(7-5-19)13(22)11-3-2-8-23-11/h2-3,8,10H,4-7,9H2,1H3,(H,18,21). The Morgan fingerprint density at radius 3 is 2.48 bits per heavy atom. The van der Waals surface area contributed by atoms with Crippen molar-refractivity contribution >= 4 is 23.2 Å². The molecule has 0 radical (unpaired) electrons. The Labute approximate surface area is 136 Å². The zero-order valence-corrected chi connectivity index (χ0v) is 13.4. The van der Waals surface area contributed by atoms with Gasteiger partial charge in [0, 0.05) is 26.2 Å². The summed E-state index contributed by atoms with van der Waals surface area (Å²) < 4.78 is 36.4. The lowest BCUT2D eigenvalue weighted by atomic mass is 10.2. The maximum absolute atomic E-state index is 12.2. The number of amides is 2. The molecule has 5 nitrogen and oxygen atoms in total. The van der Waals surface area contributed by atoms with E-state index >= 15 is 0 Å². The van der Waals surface area contributed by atoms with Crippen LogP contribution in [0.2, 0.25) is 0 Å². The monoisotopic (exact) mass is 349 g/mol.